The summed E-state index contributed by atoms with van der Waals surface area (Å²) in [6, 6.07) is 0. The molecule has 1 saturated heterocycles. The van der Waals surface area contributed by atoms with Crippen LogP contribution in [0.1, 0.15) is 38.8 Å². The summed E-state index contributed by atoms with van der Waals surface area (Å²) in [5.74, 6) is 3.08. The van der Waals surface area contributed by atoms with Gasteiger partial charge in [-0.1, -0.05) is 20.8 Å². The lowest BCUT2D eigenvalue weighted by atomic mass is 9.94. The van der Waals surface area contributed by atoms with Crippen LogP contribution in [0.15, 0.2) is 15.6 Å². The molecule has 2 rings (SSSR count). The highest BCUT2D eigenvalue weighted by Crippen LogP contribution is 2.22. The molecule has 23 heavy (non-hydrogen) atoms. The van der Waals surface area contributed by atoms with Gasteiger partial charge in [-0.2, -0.15) is 0 Å². The lowest BCUT2D eigenvalue weighted by Crippen LogP contribution is -2.39. The first kappa shape index (κ1) is 20.2. The van der Waals surface area contributed by atoms with E-state index in [2.05, 4.69) is 41.0 Å². The highest BCUT2D eigenvalue weighted by atomic mass is 127. The number of nitrogens with one attached hydrogen (secondary N) is 1. The van der Waals surface area contributed by atoms with E-state index in [1.807, 2.05) is 13.2 Å². The molecule has 1 unspecified atom stereocenters. The van der Waals surface area contributed by atoms with Gasteiger partial charge in [-0.25, -0.2) is 4.98 Å². The zero-order valence-corrected chi connectivity index (χ0v) is 17.1. The Morgan fingerprint density at radius 2 is 2.26 bits per heavy atom. The minimum absolute atomic E-state index is 0. The van der Waals surface area contributed by atoms with Crippen LogP contribution in [0.2, 0.25) is 0 Å². The van der Waals surface area contributed by atoms with Gasteiger partial charge in [-0.3, -0.25) is 4.99 Å². The number of hydrogen-bond acceptors (Lipinski definition) is 4. The molecule has 1 aromatic rings. The molecule has 2 heterocycles. The number of guanidine groups is 1. The van der Waals surface area contributed by atoms with Gasteiger partial charge >= 0.3 is 0 Å². The molecule has 132 valence electrons. The van der Waals surface area contributed by atoms with Crippen molar-refractivity contribution in [3.63, 3.8) is 0 Å². The van der Waals surface area contributed by atoms with Crippen molar-refractivity contribution in [1.29, 1.82) is 0 Å². The van der Waals surface area contributed by atoms with Crippen LogP contribution in [0.3, 0.4) is 0 Å². The van der Waals surface area contributed by atoms with Crippen molar-refractivity contribution >= 4 is 29.9 Å². The van der Waals surface area contributed by atoms with E-state index < -0.39 is 0 Å². The van der Waals surface area contributed by atoms with Crippen LogP contribution in [-0.2, 0) is 16.7 Å². The highest BCUT2D eigenvalue weighted by Gasteiger charge is 2.25. The first-order valence-corrected chi connectivity index (χ1v) is 7.83. The third kappa shape index (κ3) is 5.63. The largest absolute Gasteiger partial charge is 0.443 e. The molecular weight excluding hydrogens is 407 g/mol. The Bertz CT molecular complexity index is 510. The summed E-state index contributed by atoms with van der Waals surface area (Å²) in [6.45, 7) is 9.69. The van der Waals surface area contributed by atoms with Gasteiger partial charge in [0.25, 0.3) is 0 Å². The van der Waals surface area contributed by atoms with Crippen LogP contribution in [0.4, 0.5) is 0 Å². The Hall–Kier alpha value is -0.830. The smallest absolute Gasteiger partial charge is 0.213 e. The normalized spacial score (nSPS) is 18.9. The summed E-state index contributed by atoms with van der Waals surface area (Å²) in [7, 11) is 3.56. The summed E-state index contributed by atoms with van der Waals surface area (Å²) in [4.78, 5) is 11.0. The van der Waals surface area contributed by atoms with Gasteiger partial charge in [0.05, 0.1) is 19.3 Å². The Balaban J connectivity index is 0.00000264. The van der Waals surface area contributed by atoms with Crippen molar-refractivity contribution in [2.24, 2.45) is 10.9 Å². The Labute approximate surface area is 156 Å². The Morgan fingerprint density at radius 3 is 2.83 bits per heavy atom. The molecular formula is C16H29IN4O2. The molecule has 1 aliphatic heterocycles. The third-order valence-corrected chi connectivity index (χ3v) is 3.89. The predicted molar refractivity (Wildman–Crippen MR) is 102 cm³/mol. The molecule has 0 bridgehead atoms. The summed E-state index contributed by atoms with van der Waals surface area (Å²) in [5, 5.41) is 3.33. The van der Waals surface area contributed by atoms with Crippen LogP contribution in [0.25, 0.3) is 0 Å². The topological polar surface area (TPSA) is 62.9 Å². The van der Waals surface area contributed by atoms with E-state index in [-0.39, 0.29) is 29.4 Å². The van der Waals surface area contributed by atoms with Gasteiger partial charge in [-0.05, 0) is 6.42 Å². The highest BCUT2D eigenvalue weighted by molar-refractivity contribution is 14.0. The Kier molecular flexibility index (Phi) is 7.79. The number of aromatic nitrogens is 1. The number of methoxy groups -OCH3 is 1. The zero-order valence-electron chi connectivity index (χ0n) is 14.8. The van der Waals surface area contributed by atoms with Gasteiger partial charge in [0, 0.05) is 38.6 Å². The molecule has 7 heteroatoms. The molecule has 0 spiro atoms. The monoisotopic (exact) mass is 436 g/mol. The summed E-state index contributed by atoms with van der Waals surface area (Å²) in [6.07, 6.45) is 2.95. The van der Waals surface area contributed by atoms with Gasteiger partial charge < -0.3 is 19.4 Å². The van der Waals surface area contributed by atoms with E-state index >= 15 is 0 Å². The van der Waals surface area contributed by atoms with Crippen molar-refractivity contribution in [3.8, 4) is 0 Å². The standard InChI is InChI=1S/C16H28N4O2.HI/c1-16(2,3)13-8-18-14(22-13)9-19-15(17-4)20-7-6-12(10-20)11-21-5;/h8,12H,6-7,9-11H2,1-5H3,(H,17,19);1H. The van der Waals surface area contributed by atoms with Gasteiger partial charge in [0.15, 0.2) is 5.96 Å². The fraction of sp³-hybridized carbons (Fsp3) is 0.750. The second kappa shape index (κ2) is 8.86. The molecule has 1 fully saturated rings. The summed E-state index contributed by atoms with van der Waals surface area (Å²) >= 11 is 0. The van der Waals surface area contributed by atoms with Gasteiger partial charge in [0.2, 0.25) is 5.89 Å². The molecule has 1 aliphatic rings. The minimum atomic E-state index is -0.0186. The van der Waals surface area contributed by atoms with Crippen LogP contribution in [0.5, 0.6) is 0 Å². The van der Waals surface area contributed by atoms with E-state index in [0.29, 0.717) is 18.4 Å². The molecule has 0 radical (unpaired) electrons. The molecule has 0 aromatic carbocycles. The lowest BCUT2D eigenvalue weighted by Gasteiger charge is -2.21. The van der Waals surface area contributed by atoms with Crippen LogP contribution in [0, 0.1) is 5.92 Å². The lowest BCUT2D eigenvalue weighted by molar-refractivity contribution is 0.157. The van der Waals surface area contributed by atoms with Gasteiger partial charge in [0.1, 0.15) is 5.76 Å². The van der Waals surface area contributed by atoms with Gasteiger partial charge in [-0.15, -0.1) is 24.0 Å². The molecule has 0 aliphatic carbocycles. The van der Waals surface area contributed by atoms with Crippen molar-refractivity contribution in [2.45, 2.75) is 39.2 Å². The summed E-state index contributed by atoms with van der Waals surface area (Å²) in [5.41, 5.74) is -0.0186. The quantitative estimate of drug-likeness (QED) is 0.447. The van der Waals surface area contributed by atoms with E-state index in [1.54, 1.807) is 7.11 Å². The van der Waals surface area contributed by atoms with Crippen LogP contribution in [-0.4, -0.2) is 49.7 Å². The number of halogens is 1. The average molecular weight is 436 g/mol. The number of ether oxygens (including phenoxy) is 1. The zero-order chi connectivity index (χ0) is 16.2. The molecule has 1 atom stereocenters. The van der Waals surface area contributed by atoms with E-state index in [1.165, 1.54) is 0 Å². The van der Waals surface area contributed by atoms with E-state index in [9.17, 15) is 0 Å². The third-order valence-electron chi connectivity index (χ3n) is 3.89. The minimum Gasteiger partial charge on any atom is -0.443 e. The fourth-order valence-corrected chi connectivity index (χ4v) is 2.62. The van der Waals surface area contributed by atoms with E-state index in [4.69, 9.17) is 9.15 Å². The maximum Gasteiger partial charge on any atom is 0.213 e. The number of aliphatic imine (C=N–C) groups is 1. The average Bonchev–Trinajstić information content (AvgIpc) is 3.09. The Morgan fingerprint density at radius 1 is 1.52 bits per heavy atom. The SMILES string of the molecule is CN=C(NCc1ncc(C(C)(C)C)o1)N1CCC(COC)C1.I. The molecule has 6 nitrogen and oxygen atoms in total. The van der Waals surface area contributed by atoms with Crippen molar-refractivity contribution in [3.05, 3.63) is 17.8 Å². The molecule has 0 saturated carbocycles. The van der Waals surface area contributed by atoms with Crippen molar-refractivity contribution in [1.82, 2.24) is 15.2 Å². The maximum absolute atomic E-state index is 5.80. The van der Waals surface area contributed by atoms with Crippen LogP contribution < -0.4 is 5.32 Å². The van der Waals surface area contributed by atoms with Crippen LogP contribution >= 0.6 is 24.0 Å². The first-order chi connectivity index (χ1) is 10.4. The number of hydrogen-bond donors (Lipinski definition) is 1. The fourth-order valence-electron chi connectivity index (χ4n) is 2.62. The summed E-state index contributed by atoms with van der Waals surface area (Å²) < 4.78 is 11.0. The van der Waals surface area contributed by atoms with Crippen molar-refractivity contribution < 1.29 is 9.15 Å². The maximum atomic E-state index is 5.80. The second-order valence-corrected chi connectivity index (χ2v) is 6.83. The van der Waals surface area contributed by atoms with Crippen molar-refractivity contribution in [2.75, 3.05) is 33.9 Å². The molecule has 1 N–H and O–H groups in total. The van der Waals surface area contributed by atoms with E-state index in [0.717, 1.165) is 37.8 Å². The molecule has 1 aromatic heterocycles. The number of nitrogens with zero attached hydrogens (tertiary/aromatic N) is 3. The second-order valence-electron chi connectivity index (χ2n) is 6.83. The molecule has 0 amide bonds. The number of likely N-dealkylation sites (tertiary alicyclic amines) is 1. The number of oxazole rings is 1. The number of rotatable bonds is 4. The first-order valence-electron chi connectivity index (χ1n) is 7.83. The predicted octanol–water partition coefficient (Wildman–Crippen LogP) is 2.63.